The van der Waals surface area contributed by atoms with E-state index in [0.717, 1.165) is 15.7 Å². The number of nitrogens with one attached hydrogen (secondary N) is 2. The Bertz CT molecular complexity index is 823. The molecule has 0 aliphatic carbocycles. The molecule has 0 aliphatic rings. The number of anilines is 2. The molecule has 0 radical (unpaired) electrons. The van der Waals surface area contributed by atoms with Crippen LogP contribution in [0.2, 0.25) is 0 Å². The minimum absolute atomic E-state index is 0.442. The number of hydrogen-bond donors (Lipinski definition) is 3. The molecule has 0 saturated carbocycles. The summed E-state index contributed by atoms with van der Waals surface area (Å²) < 4.78 is 5.90. The number of H-pyrrole nitrogens is 1. The second kappa shape index (κ2) is 5.05. The lowest BCUT2D eigenvalue weighted by Crippen LogP contribution is -2.02. The molecular weight excluding hydrogens is 322 g/mol. The fourth-order valence-electron chi connectivity index (χ4n) is 2.00. The molecule has 3 aromatic rings. The zero-order valence-corrected chi connectivity index (χ0v) is 12.0. The van der Waals surface area contributed by atoms with Crippen LogP contribution in [0.15, 0.2) is 50.1 Å². The second-order valence-corrected chi connectivity index (χ2v) is 5.35. The Kier molecular flexibility index (Phi) is 3.23. The Morgan fingerprint density at radius 2 is 2.10 bits per heavy atom. The van der Waals surface area contributed by atoms with Crippen molar-refractivity contribution in [1.29, 1.82) is 0 Å². The van der Waals surface area contributed by atoms with Gasteiger partial charge in [0.25, 0.3) is 0 Å². The summed E-state index contributed by atoms with van der Waals surface area (Å²) in [5.74, 6) is -0.442. The lowest BCUT2D eigenvalue weighted by molar-refractivity contribution is 0.555. The Hall–Kier alpha value is -2.21. The summed E-state index contributed by atoms with van der Waals surface area (Å²) >= 11 is 3.37. The van der Waals surface area contributed by atoms with Crippen LogP contribution in [-0.4, -0.2) is 4.98 Å². The van der Waals surface area contributed by atoms with Gasteiger partial charge in [-0.05, 0) is 35.9 Å². The van der Waals surface area contributed by atoms with Gasteiger partial charge in [0, 0.05) is 11.0 Å². The van der Waals surface area contributed by atoms with Gasteiger partial charge >= 0.3 is 5.76 Å². The molecule has 3 rings (SSSR count). The molecule has 4 N–H and O–H groups in total. The fraction of sp³-hybridized carbons (Fsp3) is 0.0714. The Morgan fingerprint density at radius 3 is 2.90 bits per heavy atom. The first kappa shape index (κ1) is 12.8. The van der Waals surface area contributed by atoms with Crippen LogP contribution in [0.3, 0.4) is 0 Å². The third-order valence-electron chi connectivity index (χ3n) is 2.98. The summed E-state index contributed by atoms with van der Waals surface area (Å²) in [7, 11) is 0. The highest BCUT2D eigenvalue weighted by Gasteiger charge is 2.03. The Balaban J connectivity index is 1.80. The van der Waals surface area contributed by atoms with Gasteiger partial charge in [-0.3, -0.25) is 4.98 Å². The Labute approximate surface area is 122 Å². The third-order valence-corrected chi connectivity index (χ3v) is 3.47. The number of nitrogens with two attached hydrogens (primary N) is 1. The molecule has 0 unspecified atom stereocenters. The standard InChI is InChI=1S/C14H12BrN3O2/c15-9-2-3-11(10(16)6-9)17-7-8-1-4-13-12(5-8)18-14(19)20-13/h1-6,17H,7,16H2,(H,18,19). The molecule has 0 saturated heterocycles. The van der Waals surface area contributed by atoms with E-state index in [0.29, 0.717) is 23.3 Å². The molecule has 0 spiro atoms. The van der Waals surface area contributed by atoms with Gasteiger partial charge in [-0.1, -0.05) is 22.0 Å². The molecule has 1 heterocycles. The monoisotopic (exact) mass is 333 g/mol. The van der Waals surface area contributed by atoms with Gasteiger partial charge in [-0.15, -0.1) is 0 Å². The number of nitrogen functional groups attached to an aromatic ring is 1. The number of aromatic amines is 1. The number of benzene rings is 2. The van der Waals surface area contributed by atoms with Crippen molar-refractivity contribution in [3.05, 3.63) is 57.0 Å². The minimum atomic E-state index is -0.442. The first-order chi connectivity index (χ1) is 9.61. The zero-order valence-electron chi connectivity index (χ0n) is 10.4. The zero-order chi connectivity index (χ0) is 14.1. The Morgan fingerprint density at radius 1 is 1.25 bits per heavy atom. The molecule has 5 nitrogen and oxygen atoms in total. The third kappa shape index (κ3) is 2.55. The first-order valence-electron chi connectivity index (χ1n) is 6.02. The van der Waals surface area contributed by atoms with Crippen LogP contribution in [0.5, 0.6) is 0 Å². The van der Waals surface area contributed by atoms with Crippen molar-refractivity contribution >= 4 is 38.4 Å². The molecule has 0 atom stereocenters. The van der Waals surface area contributed by atoms with Crippen LogP contribution in [0.4, 0.5) is 11.4 Å². The van der Waals surface area contributed by atoms with Crippen molar-refractivity contribution < 1.29 is 4.42 Å². The molecular formula is C14H12BrN3O2. The van der Waals surface area contributed by atoms with E-state index < -0.39 is 5.76 Å². The average Bonchev–Trinajstić information content (AvgIpc) is 2.77. The predicted octanol–water partition coefficient (Wildman–Crippen LogP) is 3.08. The topological polar surface area (TPSA) is 84.0 Å². The van der Waals surface area contributed by atoms with Crippen molar-refractivity contribution in [1.82, 2.24) is 4.98 Å². The molecule has 0 amide bonds. The quantitative estimate of drug-likeness (QED) is 0.643. The molecule has 2 aromatic carbocycles. The highest BCUT2D eigenvalue weighted by molar-refractivity contribution is 9.10. The molecule has 6 heteroatoms. The SMILES string of the molecule is Nc1cc(Br)ccc1NCc1ccc2oc(=O)[nH]c2c1. The summed E-state index contributed by atoms with van der Waals surface area (Å²) in [5.41, 5.74) is 9.75. The van der Waals surface area contributed by atoms with E-state index in [9.17, 15) is 4.79 Å². The average molecular weight is 334 g/mol. The molecule has 0 fully saturated rings. The van der Waals surface area contributed by atoms with E-state index in [1.165, 1.54) is 0 Å². The largest absolute Gasteiger partial charge is 0.417 e. The molecule has 0 bridgehead atoms. The van der Waals surface area contributed by atoms with E-state index in [1.807, 2.05) is 30.3 Å². The minimum Gasteiger partial charge on any atom is -0.408 e. The van der Waals surface area contributed by atoms with Gasteiger partial charge in [0.1, 0.15) is 0 Å². The number of hydrogen-bond acceptors (Lipinski definition) is 4. The second-order valence-electron chi connectivity index (χ2n) is 4.43. The van der Waals surface area contributed by atoms with Gasteiger partial charge < -0.3 is 15.5 Å². The molecule has 102 valence electrons. The maximum absolute atomic E-state index is 11.1. The van der Waals surface area contributed by atoms with Crippen molar-refractivity contribution in [2.45, 2.75) is 6.54 Å². The van der Waals surface area contributed by atoms with E-state index in [1.54, 1.807) is 6.07 Å². The maximum Gasteiger partial charge on any atom is 0.417 e. The predicted molar refractivity (Wildman–Crippen MR) is 82.7 cm³/mol. The summed E-state index contributed by atoms with van der Waals surface area (Å²) in [5, 5.41) is 3.26. The van der Waals surface area contributed by atoms with E-state index in [4.69, 9.17) is 10.2 Å². The molecule has 1 aromatic heterocycles. The smallest absolute Gasteiger partial charge is 0.408 e. The van der Waals surface area contributed by atoms with Gasteiger partial charge in [-0.25, -0.2) is 4.79 Å². The number of rotatable bonds is 3. The fourth-order valence-corrected chi connectivity index (χ4v) is 2.38. The highest BCUT2D eigenvalue weighted by Crippen LogP contribution is 2.23. The van der Waals surface area contributed by atoms with Crippen LogP contribution in [0, 0.1) is 0 Å². The molecule has 0 aliphatic heterocycles. The molecule has 20 heavy (non-hydrogen) atoms. The lowest BCUT2D eigenvalue weighted by Gasteiger charge is -2.09. The van der Waals surface area contributed by atoms with Crippen molar-refractivity contribution in [2.75, 3.05) is 11.1 Å². The van der Waals surface area contributed by atoms with E-state index in [2.05, 4.69) is 26.2 Å². The van der Waals surface area contributed by atoms with Crippen LogP contribution in [0.25, 0.3) is 11.1 Å². The van der Waals surface area contributed by atoms with Crippen molar-refractivity contribution in [3.63, 3.8) is 0 Å². The summed E-state index contributed by atoms with van der Waals surface area (Å²) in [4.78, 5) is 13.7. The lowest BCUT2D eigenvalue weighted by atomic mass is 10.2. The van der Waals surface area contributed by atoms with Crippen molar-refractivity contribution in [2.24, 2.45) is 0 Å². The van der Waals surface area contributed by atoms with Gasteiger partial charge in [0.05, 0.1) is 16.9 Å². The van der Waals surface area contributed by atoms with Gasteiger partial charge in [-0.2, -0.15) is 0 Å². The van der Waals surface area contributed by atoms with Crippen LogP contribution < -0.4 is 16.8 Å². The summed E-state index contributed by atoms with van der Waals surface area (Å²) in [6, 6.07) is 11.2. The van der Waals surface area contributed by atoms with Crippen LogP contribution in [0.1, 0.15) is 5.56 Å². The van der Waals surface area contributed by atoms with E-state index >= 15 is 0 Å². The number of halogens is 1. The van der Waals surface area contributed by atoms with E-state index in [-0.39, 0.29) is 0 Å². The van der Waals surface area contributed by atoms with Crippen molar-refractivity contribution in [3.8, 4) is 0 Å². The van der Waals surface area contributed by atoms with Gasteiger partial charge in [0.15, 0.2) is 5.58 Å². The summed E-state index contributed by atoms with van der Waals surface area (Å²) in [6.07, 6.45) is 0. The normalized spacial score (nSPS) is 10.8. The first-order valence-corrected chi connectivity index (χ1v) is 6.82. The number of fused-ring (bicyclic) bond motifs is 1. The maximum atomic E-state index is 11.1. The van der Waals surface area contributed by atoms with Crippen LogP contribution >= 0.6 is 15.9 Å². The summed E-state index contributed by atoms with van der Waals surface area (Å²) in [6.45, 7) is 0.606. The number of oxazole rings is 1. The van der Waals surface area contributed by atoms with Gasteiger partial charge in [0.2, 0.25) is 0 Å². The van der Waals surface area contributed by atoms with Crippen LogP contribution in [-0.2, 0) is 6.54 Å². The number of aromatic nitrogens is 1. The highest BCUT2D eigenvalue weighted by atomic mass is 79.9.